The third kappa shape index (κ3) is 12.5. The van der Waals surface area contributed by atoms with Crippen molar-refractivity contribution in [1.82, 2.24) is 0 Å². The quantitative estimate of drug-likeness (QED) is 0.285. The molecule has 0 aromatic rings. The van der Waals surface area contributed by atoms with Gasteiger partial charge in [0.1, 0.15) is 0 Å². The van der Waals surface area contributed by atoms with Crippen molar-refractivity contribution < 1.29 is 0 Å². The van der Waals surface area contributed by atoms with Gasteiger partial charge in [-0.25, -0.2) is 0 Å². The van der Waals surface area contributed by atoms with Gasteiger partial charge in [0, 0.05) is 4.83 Å². The summed E-state index contributed by atoms with van der Waals surface area (Å²) in [5.41, 5.74) is 0. The van der Waals surface area contributed by atoms with Gasteiger partial charge in [-0.15, -0.1) is 0 Å². The summed E-state index contributed by atoms with van der Waals surface area (Å²) in [5, 5.41) is 0. The van der Waals surface area contributed by atoms with Gasteiger partial charge in [0.2, 0.25) is 0 Å². The number of hydrogen-bond donors (Lipinski definition) is 0. The molecule has 0 nitrogen and oxygen atoms in total. The van der Waals surface area contributed by atoms with Crippen LogP contribution in [0.25, 0.3) is 0 Å². The van der Waals surface area contributed by atoms with Crippen molar-refractivity contribution in [2.45, 2.75) is 95.7 Å². The summed E-state index contributed by atoms with van der Waals surface area (Å²) in [4.78, 5) is 0.780. The molecule has 0 heterocycles. The molecule has 0 aromatic heterocycles. The fraction of sp³-hybridized carbons (Fsp3) is 1.00. The molecule has 1 atom stereocenters. The third-order valence-electron chi connectivity index (χ3n) is 3.22. The Balaban J connectivity index is 2.98. The van der Waals surface area contributed by atoms with Crippen LogP contribution in [-0.2, 0) is 0 Å². The lowest BCUT2D eigenvalue weighted by atomic mass is 10.0. The van der Waals surface area contributed by atoms with E-state index in [1.54, 1.807) is 0 Å². The van der Waals surface area contributed by atoms with Crippen molar-refractivity contribution in [3.63, 3.8) is 0 Å². The minimum Gasteiger partial charge on any atom is -0.0891 e. The van der Waals surface area contributed by atoms with Gasteiger partial charge in [-0.3, -0.25) is 0 Å². The van der Waals surface area contributed by atoms with Crippen molar-refractivity contribution in [1.29, 1.82) is 0 Å². The van der Waals surface area contributed by atoms with E-state index in [1.807, 2.05) is 0 Å². The van der Waals surface area contributed by atoms with Crippen LogP contribution in [0.3, 0.4) is 0 Å². The van der Waals surface area contributed by atoms with Gasteiger partial charge >= 0.3 is 0 Å². The molecule has 0 saturated heterocycles. The Morgan fingerprint density at radius 3 is 1.62 bits per heavy atom. The average Bonchev–Trinajstić information content (AvgIpc) is 2.27. The molecule has 0 saturated carbocycles. The Hall–Kier alpha value is 0.480. The van der Waals surface area contributed by atoms with Crippen molar-refractivity contribution in [2.75, 3.05) is 0 Å². The molecule has 16 heavy (non-hydrogen) atoms. The maximum Gasteiger partial charge on any atom is 0.0145 e. The number of alkyl halides is 1. The molecule has 0 spiro atoms. The van der Waals surface area contributed by atoms with Crippen molar-refractivity contribution in [3.8, 4) is 0 Å². The third-order valence-corrected chi connectivity index (χ3v) is 4.14. The first-order chi connectivity index (χ1) is 7.81. The van der Waals surface area contributed by atoms with E-state index in [-0.39, 0.29) is 0 Å². The van der Waals surface area contributed by atoms with Gasteiger partial charge in [-0.2, -0.15) is 0 Å². The highest BCUT2D eigenvalue weighted by atomic mass is 79.9. The van der Waals surface area contributed by atoms with E-state index < -0.39 is 0 Å². The molecule has 0 aromatic carbocycles. The topological polar surface area (TPSA) is 0 Å². The first-order valence-corrected chi connectivity index (χ1v) is 8.36. The van der Waals surface area contributed by atoms with Crippen LogP contribution in [0.15, 0.2) is 0 Å². The van der Waals surface area contributed by atoms with Crippen LogP contribution >= 0.6 is 15.9 Å². The largest absolute Gasteiger partial charge is 0.0891 e. The molecule has 0 amide bonds. The second-order valence-electron chi connectivity index (χ2n) is 5.00. The summed E-state index contributed by atoms with van der Waals surface area (Å²) >= 11 is 3.75. The van der Waals surface area contributed by atoms with Crippen molar-refractivity contribution >= 4 is 15.9 Å². The van der Waals surface area contributed by atoms with Crippen LogP contribution in [-0.4, -0.2) is 4.83 Å². The van der Waals surface area contributed by atoms with Gasteiger partial charge in [0.25, 0.3) is 0 Å². The molecule has 0 aliphatic heterocycles. The first kappa shape index (κ1) is 16.5. The maximum atomic E-state index is 3.75. The molecule has 0 radical (unpaired) electrons. The fourth-order valence-corrected chi connectivity index (χ4v) is 2.92. The lowest BCUT2D eigenvalue weighted by molar-refractivity contribution is 0.548. The summed E-state index contributed by atoms with van der Waals surface area (Å²) in [6.07, 6.45) is 17.0. The van der Waals surface area contributed by atoms with Gasteiger partial charge in [0.15, 0.2) is 0 Å². The Morgan fingerprint density at radius 1 is 0.625 bits per heavy atom. The van der Waals surface area contributed by atoms with E-state index in [0.717, 1.165) is 4.83 Å². The number of hydrogen-bond acceptors (Lipinski definition) is 0. The first-order valence-electron chi connectivity index (χ1n) is 7.45. The van der Waals surface area contributed by atoms with Gasteiger partial charge in [-0.1, -0.05) is 94.0 Å². The highest BCUT2D eigenvalue weighted by Gasteiger charge is 2.01. The highest BCUT2D eigenvalue weighted by Crippen LogP contribution is 2.17. The predicted molar refractivity (Wildman–Crippen MR) is 79.5 cm³/mol. The molecule has 98 valence electrons. The number of unbranched alkanes of at least 4 members (excludes halogenated alkanes) is 8. The molecule has 0 aliphatic rings. The Bertz CT molecular complexity index is 123. The van der Waals surface area contributed by atoms with E-state index in [1.165, 1.54) is 77.0 Å². The molecule has 1 heteroatoms. The van der Waals surface area contributed by atoms with E-state index in [9.17, 15) is 0 Å². The van der Waals surface area contributed by atoms with Crippen molar-refractivity contribution in [3.05, 3.63) is 0 Å². The van der Waals surface area contributed by atoms with Crippen molar-refractivity contribution in [2.24, 2.45) is 0 Å². The number of rotatable bonds is 12. The van der Waals surface area contributed by atoms with E-state index in [4.69, 9.17) is 0 Å². The fourth-order valence-electron chi connectivity index (χ4n) is 2.13. The molecule has 0 fully saturated rings. The zero-order valence-electron chi connectivity index (χ0n) is 11.4. The molecule has 0 bridgehead atoms. The van der Waals surface area contributed by atoms with E-state index >= 15 is 0 Å². The predicted octanol–water partition coefficient (Wildman–Crippen LogP) is 6.47. The minimum atomic E-state index is 0.780. The smallest absolute Gasteiger partial charge is 0.0145 e. The van der Waals surface area contributed by atoms with Crippen LogP contribution in [0.4, 0.5) is 0 Å². The zero-order chi connectivity index (χ0) is 12.1. The summed E-state index contributed by atoms with van der Waals surface area (Å²) in [6.45, 7) is 4.55. The molecule has 0 N–H and O–H groups in total. The van der Waals surface area contributed by atoms with Gasteiger partial charge < -0.3 is 0 Å². The zero-order valence-corrected chi connectivity index (χ0v) is 13.0. The Kier molecular flexibility index (Phi) is 14.0. The van der Waals surface area contributed by atoms with Crippen LogP contribution < -0.4 is 0 Å². The van der Waals surface area contributed by atoms with Crippen LogP contribution in [0.1, 0.15) is 90.9 Å². The Labute approximate surface area is 112 Å². The average molecular weight is 291 g/mol. The van der Waals surface area contributed by atoms with E-state index in [0.29, 0.717) is 0 Å². The molecular formula is C15H31Br. The van der Waals surface area contributed by atoms with E-state index in [2.05, 4.69) is 29.8 Å². The Morgan fingerprint density at radius 2 is 1.12 bits per heavy atom. The van der Waals surface area contributed by atoms with Crippen LogP contribution in [0.5, 0.6) is 0 Å². The summed E-state index contributed by atoms with van der Waals surface area (Å²) < 4.78 is 0. The lowest BCUT2D eigenvalue weighted by Gasteiger charge is -2.07. The summed E-state index contributed by atoms with van der Waals surface area (Å²) in [7, 11) is 0. The molecule has 0 aliphatic carbocycles. The van der Waals surface area contributed by atoms with Gasteiger partial charge in [-0.05, 0) is 12.8 Å². The van der Waals surface area contributed by atoms with Crippen LogP contribution in [0.2, 0.25) is 0 Å². The summed E-state index contributed by atoms with van der Waals surface area (Å²) in [5.74, 6) is 0. The monoisotopic (exact) mass is 290 g/mol. The minimum absolute atomic E-state index is 0.780. The van der Waals surface area contributed by atoms with Crippen LogP contribution in [0, 0.1) is 0 Å². The molecular weight excluding hydrogens is 260 g/mol. The summed E-state index contributed by atoms with van der Waals surface area (Å²) in [6, 6.07) is 0. The second kappa shape index (κ2) is 13.5. The number of halogens is 1. The molecule has 0 unspecified atom stereocenters. The highest BCUT2D eigenvalue weighted by molar-refractivity contribution is 9.09. The standard InChI is InChI=1S/C15H31Br/c1-3-5-6-7-8-9-10-11-12-14-15(16)13-4-2/h15H,3-14H2,1-2H3/t15-/m0/s1. The SMILES string of the molecule is CCCCCCCCCCC[C@@H](Br)CCC. The normalized spacial score (nSPS) is 12.9. The lowest BCUT2D eigenvalue weighted by Crippen LogP contribution is -1.96. The molecule has 0 rings (SSSR count). The second-order valence-corrected chi connectivity index (χ2v) is 6.30. The maximum absolute atomic E-state index is 3.75. The van der Waals surface area contributed by atoms with Gasteiger partial charge in [0.05, 0.1) is 0 Å².